The number of rotatable bonds is 2. The third-order valence-corrected chi connectivity index (χ3v) is 3.97. The summed E-state index contributed by atoms with van der Waals surface area (Å²) < 4.78 is 2.60. The fourth-order valence-corrected chi connectivity index (χ4v) is 2.54. The van der Waals surface area contributed by atoms with Crippen LogP contribution in [0.25, 0.3) is 5.65 Å². The highest BCUT2D eigenvalue weighted by molar-refractivity contribution is 5.76. The van der Waals surface area contributed by atoms with Crippen LogP contribution in [0.15, 0.2) is 29.2 Å². The summed E-state index contributed by atoms with van der Waals surface area (Å²) in [7, 11) is 0. The molecule has 7 heteroatoms. The molecular formula is C14H18N4O3. The van der Waals surface area contributed by atoms with E-state index in [0.717, 1.165) is 0 Å². The third-order valence-electron chi connectivity index (χ3n) is 3.97. The summed E-state index contributed by atoms with van der Waals surface area (Å²) in [4.78, 5) is 26.0. The van der Waals surface area contributed by atoms with Gasteiger partial charge in [0, 0.05) is 19.3 Å². The predicted octanol–water partition coefficient (Wildman–Crippen LogP) is -0.131. The quantitative estimate of drug-likeness (QED) is 0.835. The van der Waals surface area contributed by atoms with Crippen LogP contribution >= 0.6 is 0 Å². The Kier molecular flexibility index (Phi) is 3.29. The van der Waals surface area contributed by atoms with Crippen LogP contribution in [0.3, 0.4) is 0 Å². The molecule has 0 saturated carbocycles. The highest BCUT2D eigenvalue weighted by Gasteiger charge is 2.29. The van der Waals surface area contributed by atoms with Gasteiger partial charge in [-0.15, -0.1) is 5.10 Å². The molecule has 21 heavy (non-hydrogen) atoms. The highest BCUT2D eigenvalue weighted by atomic mass is 16.3. The number of amides is 1. The van der Waals surface area contributed by atoms with Crippen LogP contribution in [0.5, 0.6) is 0 Å². The molecule has 0 bridgehead atoms. The number of carbonyl (C=O) groups excluding carboxylic acids is 1. The van der Waals surface area contributed by atoms with Gasteiger partial charge in [0.25, 0.3) is 0 Å². The van der Waals surface area contributed by atoms with Crippen LogP contribution < -0.4 is 5.69 Å². The monoisotopic (exact) mass is 290 g/mol. The molecule has 1 fully saturated rings. The Morgan fingerprint density at radius 3 is 2.76 bits per heavy atom. The SMILES string of the molecule is CC1(O)CCN(C(=O)Cn2nc3ccccn3c2=O)CC1. The van der Waals surface area contributed by atoms with E-state index in [4.69, 9.17) is 0 Å². The molecule has 112 valence electrons. The zero-order valence-electron chi connectivity index (χ0n) is 11.9. The van der Waals surface area contributed by atoms with E-state index in [-0.39, 0.29) is 18.1 Å². The summed E-state index contributed by atoms with van der Waals surface area (Å²) in [6, 6.07) is 5.26. The smallest absolute Gasteiger partial charge is 0.350 e. The molecule has 1 aliphatic rings. The van der Waals surface area contributed by atoms with Crippen LogP contribution in [0, 0.1) is 0 Å². The molecule has 7 nitrogen and oxygen atoms in total. The van der Waals surface area contributed by atoms with Crippen molar-refractivity contribution in [3.8, 4) is 0 Å². The van der Waals surface area contributed by atoms with Crippen molar-refractivity contribution >= 4 is 11.6 Å². The van der Waals surface area contributed by atoms with Crippen molar-refractivity contribution in [3.63, 3.8) is 0 Å². The normalized spacial score (nSPS) is 18.1. The standard InChI is InChI=1S/C14H18N4O3/c1-14(21)5-8-16(9-6-14)12(19)10-18-13(20)17-7-3-2-4-11(17)15-18/h2-4,7,21H,5-6,8-10H2,1H3. The second-order valence-electron chi connectivity index (χ2n) is 5.75. The number of hydrogen-bond acceptors (Lipinski definition) is 4. The molecule has 2 aromatic heterocycles. The molecule has 0 unspecified atom stereocenters. The van der Waals surface area contributed by atoms with Crippen LogP contribution in [-0.4, -0.2) is 48.8 Å². The summed E-state index contributed by atoms with van der Waals surface area (Å²) in [6.07, 6.45) is 2.74. The molecule has 1 aliphatic heterocycles. The summed E-state index contributed by atoms with van der Waals surface area (Å²) in [5.41, 5.74) is -0.490. The fourth-order valence-electron chi connectivity index (χ4n) is 2.54. The molecule has 0 aliphatic carbocycles. The molecule has 1 amide bonds. The van der Waals surface area contributed by atoms with Crippen molar-refractivity contribution in [1.82, 2.24) is 19.1 Å². The first kappa shape index (κ1) is 13.8. The lowest BCUT2D eigenvalue weighted by molar-refractivity contribution is -0.135. The van der Waals surface area contributed by atoms with Crippen molar-refractivity contribution in [3.05, 3.63) is 34.9 Å². The molecule has 0 spiro atoms. The summed E-state index contributed by atoms with van der Waals surface area (Å²) in [5.74, 6) is -0.143. The van der Waals surface area contributed by atoms with Crippen molar-refractivity contribution in [2.75, 3.05) is 13.1 Å². The average Bonchev–Trinajstić information content (AvgIpc) is 2.76. The summed E-state index contributed by atoms with van der Waals surface area (Å²) in [6.45, 7) is 2.73. The van der Waals surface area contributed by atoms with Gasteiger partial charge in [-0.25, -0.2) is 9.48 Å². The van der Waals surface area contributed by atoms with Crippen molar-refractivity contribution in [1.29, 1.82) is 0 Å². The first-order valence-corrected chi connectivity index (χ1v) is 7.01. The maximum Gasteiger partial charge on any atom is 0.350 e. The van der Waals surface area contributed by atoms with E-state index in [0.29, 0.717) is 31.6 Å². The van der Waals surface area contributed by atoms with Gasteiger partial charge in [0.2, 0.25) is 5.91 Å². The molecule has 2 aromatic rings. The Morgan fingerprint density at radius 1 is 1.38 bits per heavy atom. The van der Waals surface area contributed by atoms with E-state index in [1.54, 1.807) is 36.2 Å². The lowest BCUT2D eigenvalue weighted by Crippen LogP contribution is -2.46. The first-order valence-electron chi connectivity index (χ1n) is 7.01. The Labute approximate surface area is 121 Å². The van der Waals surface area contributed by atoms with Gasteiger partial charge < -0.3 is 10.0 Å². The second-order valence-corrected chi connectivity index (χ2v) is 5.75. The minimum absolute atomic E-state index is 0.0668. The highest BCUT2D eigenvalue weighted by Crippen LogP contribution is 2.21. The second kappa shape index (κ2) is 5.00. The topological polar surface area (TPSA) is 79.8 Å². The van der Waals surface area contributed by atoms with Crippen molar-refractivity contribution in [2.24, 2.45) is 0 Å². The zero-order valence-corrected chi connectivity index (χ0v) is 11.9. The van der Waals surface area contributed by atoms with Crippen LogP contribution in [0.4, 0.5) is 0 Å². The number of piperidine rings is 1. The van der Waals surface area contributed by atoms with E-state index in [2.05, 4.69) is 5.10 Å². The van der Waals surface area contributed by atoms with Gasteiger partial charge in [-0.3, -0.25) is 9.20 Å². The maximum absolute atomic E-state index is 12.2. The largest absolute Gasteiger partial charge is 0.390 e. The van der Waals surface area contributed by atoms with Crippen LogP contribution in [0.1, 0.15) is 19.8 Å². The lowest BCUT2D eigenvalue weighted by atomic mass is 9.94. The van der Waals surface area contributed by atoms with E-state index >= 15 is 0 Å². The number of hydrogen-bond donors (Lipinski definition) is 1. The van der Waals surface area contributed by atoms with Crippen LogP contribution in [0.2, 0.25) is 0 Å². The fraction of sp³-hybridized carbons (Fsp3) is 0.500. The molecule has 3 rings (SSSR count). The van der Waals surface area contributed by atoms with Crippen molar-refractivity contribution in [2.45, 2.75) is 31.9 Å². The predicted molar refractivity (Wildman–Crippen MR) is 75.9 cm³/mol. The Hall–Kier alpha value is -2.15. The van der Waals surface area contributed by atoms with E-state index < -0.39 is 5.60 Å². The van der Waals surface area contributed by atoms with Crippen molar-refractivity contribution < 1.29 is 9.90 Å². The van der Waals surface area contributed by atoms with Gasteiger partial charge in [-0.1, -0.05) is 6.07 Å². The molecule has 0 aromatic carbocycles. The number of fused-ring (bicyclic) bond motifs is 1. The number of pyridine rings is 1. The third kappa shape index (κ3) is 2.69. The minimum Gasteiger partial charge on any atom is -0.390 e. The molecule has 3 heterocycles. The van der Waals surface area contributed by atoms with E-state index in [1.165, 1.54) is 9.08 Å². The van der Waals surface area contributed by atoms with Gasteiger partial charge in [-0.05, 0) is 31.9 Å². The van der Waals surface area contributed by atoms with Gasteiger partial charge >= 0.3 is 5.69 Å². The zero-order chi connectivity index (χ0) is 15.0. The molecule has 1 saturated heterocycles. The maximum atomic E-state index is 12.2. The Morgan fingerprint density at radius 2 is 2.10 bits per heavy atom. The number of carbonyl (C=O) groups is 1. The van der Waals surface area contributed by atoms with E-state index in [1.807, 2.05) is 0 Å². The summed E-state index contributed by atoms with van der Waals surface area (Å²) in [5, 5.41) is 14.0. The van der Waals surface area contributed by atoms with Gasteiger partial charge in [0.05, 0.1) is 5.60 Å². The molecule has 1 N–H and O–H groups in total. The average molecular weight is 290 g/mol. The van der Waals surface area contributed by atoms with Crippen LogP contribution in [-0.2, 0) is 11.3 Å². The first-order chi connectivity index (χ1) is 9.96. The van der Waals surface area contributed by atoms with E-state index in [9.17, 15) is 14.7 Å². The summed E-state index contributed by atoms with van der Waals surface area (Å²) >= 11 is 0. The van der Waals surface area contributed by atoms with Gasteiger partial charge in [-0.2, -0.15) is 0 Å². The lowest BCUT2D eigenvalue weighted by Gasteiger charge is -2.35. The van der Waals surface area contributed by atoms with Gasteiger partial charge in [0.1, 0.15) is 6.54 Å². The van der Waals surface area contributed by atoms with Gasteiger partial charge in [0.15, 0.2) is 5.65 Å². The minimum atomic E-state index is -0.698. The molecule has 0 radical (unpaired) electrons. The Balaban J connectivity index is 1.75. The Bertz CT molecular complexity index is 721. The molecule has 0 atom stereocenters. The number of nitrogens with zero attached hydrogens (tertiary/aromatic N) is 4. The number of likely N-dealkylation sites (tertiary alicyclic amines) is 1. The number of aromatic nitrogens is 3. The molecular weight excluding hydrogens is 272 g/mol. The number of aliphatic hydroxyl groups is 1.